The molecule has 176 valence electrons. The average Bonchev–Trinajstić information content (AvgIpc) is 2.81. The maximum Gasteiger partial charge on any atom is 0.309 e. The van der Waals surface area contributed by atoms with Crippen molar-refractivity contribution < 1.29 is 19.1 Å². The zero-order chi connectivity index (χ0) is 24.7. The van der Waals surface area contributed by atoms with Crippen LogP contribution in [0.15, 0.2) is 72.8 Å². The van der Waals surface area contributed by atoms with Crippen LogP contribution >= 0.6 is 0 Å². The van der Waals surface area contributed by atoms with Gasteiger partial charge < -0.3 is 15.4 Å². The van der Waals surface area contributed by atoms with E-state index >= 15 is 0 Å². The summed E-state index contributed by atoms with van der Waals surface area (Å²) in [5.74, 6) is -1.28. The van der Waals surface area contributed by atoms with Gasteiger partial charge in [0.1, 0.15) is 0 Å². The van der Waals surface area contributed by atoms with E-state index in [9.17, 15) is 14.4 Å². The largest absolute Gasteiger partial charge is 0.452 e. The standard InChI is InChI=1S/C28H30N2O4/c1-18-15-19(2)26(20(3)16-18)30-27(32)21(4)34-25(31)17-24(22-11-7-5-8-12-22)29-28(33)23-13-9-6-10-14-23/h5-16,21,24H,17H2,1-4H3,(H,29,33)(H,30,32). The van der Waals surface area contributed by atoms with Crippen LogP contribution in [0, 0.1) is 20.8 Å². The third kappa shape index (κ3) is 6.54. The van der Waals surface area contributed by atoms with Gasteiger partial charge >= 0.3 is 5.97 Å². The summed E-state index contributed by atoms with van der Waals surface area (Å²) in [5.41, 5.74) is 4.97. The van der Waals surface area contributed by atoms with Gasteiger partial charge in [-0.25, -0.2) is 0 Å². The predicted octanol–water partition coefficient (Wildman–Crippen LogP) is 5.04. The molecule has 0 spiro atoms. The molecule has 0 aromatic heterocycles. The second-order valence-corrected chi connectivity index (χ2v) is 8.40. The highest BCUT2D eigenvalue weighted by molar-refractivity contribution is 5.97. The van der Waals surface area contributed by atoms with Gasteiger partial charge in [0.25, 0.3) is 11.8 Å². The average molecular weight is 459 g/mol. The molecule has 0 saturated carbocycles. The normalized spacial score (nSPS) is 12.4. The van der Waals surface area contributed by atoms with Crippen LogP contribution in [0.1, 0.15) is 52.0 Å². The minimum absolute atomic E-state index is 0.108. The Morgan fingerprint density at radius 3 is 2.00 bits per heavy atom. The predicted molar refractivity (Wildman–Crippen MR) is 133 cm³/mol. The van der Waals surface area contributed by atoms with Crippen LogP contribution in [0.2, 0.25) is 0 Å². The van der Waals surface area contributed by atoms with Gasteiger partial charge in [0.15, 0.2) is 6.10 Å². The van der Waals surface area contributed by atoms with Gasteiger partial charge in [0.2, 0.25) is 0 Å². The summed E-state index contributed by atoms with van der Waals surface area (Å²) in [4.78, 5) is 38.1. The number of nitrogens with one attached hydrogen (secondary N) is 2. The van der Waals surface area contributed by atoms with Crippen LogP contribution in [0.5, 0.6) is 0 Å². The van der Waals surface area contributed by atoms with E-state index < -0.39 is 24.0 Å². The zero-order valence-corrected chi connectivity index (χ0v) is 19.9. The van der Waals surface area contributed by atoms with Crippen molar-refractivity contribution in [3.05, 3.63) is 101 Å². The molecule has 0 heterocycles. The van der Waals surface area contributed by atoms with Gasteiger partial charge in [0.05, 0.1) is 12.5 Å². The van der Waals surface area contributed by atoms with Gasteiger partial charge in [-0.3, -0.25) is 14.4 Å². The summed E-state index contributed by atoms with van der Waals surface area (Å²) in [6.45, 7) is 7.38. The number of aryl methyl sites for hydroxylation is 3. The first-order valence-corrected chi connectivity index (χ1v) is 11.2. The van der Waals surface area contributed by atoms with Crippen molar-refractivity contribution in [3.8, 4) is 0 Å². The Kier molecular flexibility index (Phi) is 8.19. The van der Waals surface area contributed by atoms with Crippen LogP contribution < -0.4 is 10.6 Å². The van der Waals surface area contributed by atoms with Crippen molar-refractivity contribution in [3.63, 3.8) is 0 Å². The number of benzene rings is 3. The number of carbonyl (C=O) groups is 3. The Morgan fingerprint density at radius 1 is 0.853 bits per heavy atom. The molecule has 0 aliphatic rings. The second-order valence-electron chi connectivity index (χ2n) is 8.40. The first kappa shape index (κ1) is 24.7. The smallest absolute Gasteiger partial charge is 0.309 e. The lowest BCUT2D eigenvalue weighted by Crippen LogP contribution is -2.34. The number of carbonyl (C=O) groups excluding carboxylic acids is 3. The fraction of sp³-hybridized carbons (Fsp3) is 0.250. The highest BCUT2D eigenvalue weighted by Gasteiger charge is 2.24. The van der Waals surface area contributed by atoms with Crippen molar-refractivity contribution in [2.45, 2.75) is 46.3 Å². The number of rotatable bonds is 8. The molecule has 0 radical (unpaired) electrons. The van der Waals surface area contributed by atoms with Crippen molar-refractivity contribution in [1.29, 1.82) is 0 Å². The highest BCUT2D eigenvalue weighted by Crippen LogP contribution is 2.23. The number of amides is 2. The van der Waals surface area contributed by atoms with Gasteiger partial charge in [-0.2, -0.15) is 0 Å². The molecule has 3 aromatic carbocycles. The Morgan fingerprint density at radius 2 is 1.41 bits per heavy atom. The first-order chi connectivity index (χ1) is 16.2. The molecule has 0 aliphatic heterocycles. The van der Waals surface area contributed by atoms with E-state index in [2.05, 4.69) is 10.6 Å². The molecule has 6 heteroatoms. The highest BCUT2D eigenvalue weighted by atomic mass is 16.5. The topological polar surface area (TPSA) is 84.5 Å². The fourth-order valence-electron chi connectivity index (χ4n) is 3.84. The molecule has 0 aliphatic carbocycles. The molecule has 2 N–H and O–H groups in total. The van der Waals surface area contributed by atoms with Crippen LogP contribution in [-0.2, 0) is 14.3 Å². The molecule has 2 atom stereocenters. The summed E-state index contributed by atoms with van der Waals surface area (Å²) in [6.07, 6.45) is -1.10. The monoisotopic (exact) mass is 458 g/mol. The van der Waals surface area contributed by atoms with E-state index in [-0.39, 0.29) is 12.3 Å². The van der Waals surface area contributed by atoms with Crippen LogP contribution in [-0.4, -0.2) is 23.9 Å². The number of hydrogen-bond donors (Lipinski definition) is 2. The minimum Gasteiger partial charge on any atom is -0.452 e. The molecular formula is C28H30N2O4. The van der Waals surface area contributed by atoms with E-state index in [1.54, 1.807) is 24.3 Å². The van der Waals surface area contributed by atoms with Crippen molar-refractivity contribution >= 4 is 23.5 Å². The van der Waals surface area contributed by atoms with Gasteiger partial charge in [0, 0.05) is 11.3 Å². The third-order valence-corrected chi connectivity index (χ3v) is 5.52. The minimum atomic E-state index is -0.992. The van der Waals surface area contributed by atoms with E-state index in [0.29, 0.717) is 5.56 Å². The molecule has 34 heavy (non-hydrogen) atoms. The van der Waals surface area contributed by atoms with Crippen LogP contribution in [0.25, 0.3) is 0 Å². The van der Waals surface area contributed by atoms with Gasteiger partial charge in [-0.05, 0) is 56.5 Å². The summed E-state index contributed by atoms with van der Waals surface area (Å²) >= 11 is 0. The molecular weight excluding hydrogens is 428 g/mol. The first-order valence-electron chi connectivity index (χ1n) is 11.2. The fourth-order valence-corrected chi connectivity index (χ4v) is 3.84. The molecule has 3 aromatic rings. The van der Waals surface area contributed by atoms with Crippen molar-refractivity contribution in [2.24, 2.45) is 0 Å². The Hall–Kier alpha value is -3.93. The van der Waals surface area contributed by atoms with E-state index in [0.717, 1.165) is 27.9 Å². The van der Waals surface area contributed by atoms with Crippen LogP contribution in [0.4, 0.5) is 5.69 Å². The number of anilines is 1. The van der Waals surface area contributed by atoms with E-state index in [1.807, 2.05) is 69.3 Å². The molecule has 2 amide bonds. The second kappa shape index (κ2) is 11.3. The maximum atomic E-state index is 12.7. The van der Waals surface area contributed by atoms with E-state index in [4.69, 9.17) is 4.74 Å². The Bertz CT molecular complexity index is 1140. The van der Waals surface area contributed by atoms with Gasteiger partial charge in [-0.15, -0.1) is 0 Å². The zero-order valence-electron chi connectivity index (χ0n) is 19.9. The SMILES string of the molecule is Cc1cc(C)c(NC(=O)C(C)OC(=O)CC(NC(=O)c2ccccc2)c2ccccc2)c(C)c1. The quantitative estimate of drug-likeness (QED) is 0.463. The maximum absolute atomic E-state index is 12.7. The van der Waals surface area contributed by atoms with E-state index in [1.165, 1.54) is 6.92 Å². The Labute approximate surface area is 200 Å². The summed E-state index contributed by atoms with van der Waals surface area (Å²) in [5, 5.41) is 5.77. The lowest BCUT2D eigenvalue weighted by Gasteiger charge is -2.21. The number of esters is 1. The molecule has 0 saturated heterocycles. The lowest BCUT2D eigenvalue weighted by atomic mass is 10.0. The molecule has 0 bridgehead atoms. The molecule has 3 rings (SSSR count). The number of hydrogen-bond acceptors (Lipinski definition) is 4. The molecule has 6 nitrogen and oxygen atoms in total. The van der Waals surface area contributed by atoms with Crippen LogP contribution in [0.3, 0.4) is 0 Å². The third-order valence-electron chi connectivity index (χ3n) is 5.52. The molecule has 2 unspecified atom stereocenters. The summed E-state index contributed by atoms with van der Waals surface area (Å²) < 4.78 is 5.42. The van der Waals surface area contributed by atoms with Crippen molar-refractivity contribution in [1.82, 2.24) is 5.32 Å². The lowest BCUT2D eigenvalue weighted by molar-refractivity contribution is -0.153. The number of ether oxygens (including phenoxy) is 1. The van der Waals surface area contributed by atoms with Crippen molar-refractivity contribution in [2.75, 3.05) is 5.32 Å². The van der Waals surface area contributed by atoms with Gasteiger partial charge in [-0.1, -0.05) is 66.2 Å². The Balaban J connectivity index is 1.66. The summed E-state index contributed by atoms with van der Waals surface area (Å²) in [6, 6.07) is 21.4. The molecule has 0 fully saturated rings. The summed E-state index contributed by atoms with van der Waals surface area (Å²) in [7, 11) is 0.